The van der Waals surface area contributed by atoms with E-state index in [1.807, 2.05) is 36.4 Å². The summed E-state index contributed by atoms with van der Waals surface area (Å²) in [5.74, 6) is 0.515. The fourth-order valence-corrected chi connectivity index (χ4v) is 4.16. The molecule has 0 radical (unpaired) electrons. The van der Waals surface area contributed by atoms with Crippen LogP contribution in [0.25, 0.3) is 10.8 Å². The second-order valence-corrected chi connectivity index (χ2v) is 8.50. The van der Waals surface area contributed by atoms with E-state index in [0.29, 0.717) is 18.4 Å². The number of ether oxygens (including phenoxy) is 2. The highest BCUT2D eigenvalue weighted by Gasteiger charge is 2.21. The van der Waals surface area contributed by atoms with Gasteiger partial charge in [0.05, 0.1) is 12.7 Å². The average Bonchev–Trinajstić information content (AvgIpc) is 2.85. The van der Waals surface area contributed by atoms with Gasteiger partial charge in [-0.15, -0.1) is 0 Å². The Bertz CT molecular complexity index is 943. The lowest BCUT2D eigenvalue weighted by Gasteiger charge is -2.31. The lowest BCUT2D eigenvalue weighted by atomic mass is 10.0. The molecule has 33 heavy (non-hydrogen) atoms. The van der Waals surface area contributed by atoms with Crippen LogP contribution in [0.3, 0.4) is 0 Å². The number of rotatable bonds is 11. The van der Waals surface area contributed by atoms with Gasteiger partial charge >= 0.3 is 5.97 Å². The molecule has 0 aromatic heterocycles. The highest BCUT2D eigenvalue weighted by atomic mass is 16.5. The number of unbranched alkanes of at least 4 members (excludes halogenated alkanes) is 2. The Morgan fingerprint density at radius 3 is 2.61 bits per heavy atom. The molecule has 1 amide bonds. The zero-order chi connectivity index (χ0) is 23.5. The summed E-state index contributed by atoms with van der Waals surface area (Å²) in [4.78, 5) is 26.9. The van der Waals surface area contributed by atoms with Gasteiger partial charge in [0.1, 0.15) is 12.4 Å². The summed E-state index contributed by atoms with van der Waals surface area (Å²) in [6, 6.07) is 14.2. The summed E-state index contributed by atoms with van der Waals surface area (Å²) in [7, 11) is 1.40. The fraction of sp³-hybridized carbons (Fsp3) is 0.481. The first kappa shape index (κ1) is 24.8. The molecule has 0 bridgehead atoms. The number of methoxy groups -OCH3 is 1. The number of likely N-dealkylation sites (tertiary alicyclic amines) is 1. The van der Waals surface area contributed by atoms with Crippen LogP contribution in [-0.4, -0.2) is 56.2 Å². The molecule has 1 fully saturated rings. The van der Waals surface area contributed by atoms with Crippen molar-refractivity contribution in [3.05, 3.63) is 54.1 Å². The van der Waals surface area contributed by atoms with Crippen LogP contribution in [0.5, 0.6) is 5.75 Å². The first-order valence-corrected chi connectivity index (χ1v) is 12.0. The van der Waals surface area contributed by atoms with E-state index >= 15 is 0 Å². The molecule has 0 aliphatic carbocycles. The van der Waals surface area contributed by atoms with Gasteiger partial charge in [-0.2, -0.15) is 0 Å². The lowest BCUT2D eigenvalue weighted by Crippen LogP contribution is -2.45. The maximum Gasteiger partial charge on any atom is 0.305 e. The minimum atomic E-state index is -0.199. The second-order valence-electron chi connectivity index (χ2n) is 8.50. The number of benzene rings is 2. The maximum atomic E-state index is 13.1. The first-order valence-electron chi connectivity index (χ1n) is 12.0. The van der Waals surface area contributed by atoms with Gasteiger partial charge in [0.2, 0.25) is 0 Å². The molecule has 0 saturated carbocycles. The number of fused-ring (bicyclic) bond motifs is 1. The van der Waals surface area contributed by atoms with Crippen LogP contribution in [0.1, 0.15) is 45.4 Å². The molecule has 0 spiro atoms. The van der Waals surface area contributed by atoms with Crippen molar-refractivity contribution in [3.63, 3.8) is 0 Å². The van der Waals surface area contributed by atoms with E-state index in [0.717, 1.165) is 61.8 Å². The van der Waals surface area contributed by atoms with Crippen molar-refractivity contribution < 1.29 is 19.1 Å². The maximum absolute atomic E-state index is 13.1. The number of carbonyl (C=O) groups excluding carboxylic acids is 2. The number of hydrogen-bond acceptors (Lipinski definition) is 5. The van der Waals surface area contributed by atoms with Gasteiger partial charge in [0.25, 0.3) is 5.91 Å². The Morgan fingerprint density at radius 1 is 1.09 bits per heavy atom. The van der Waals surface area contributed by atoms with Gasteiger partial charge in [-0.25, -0.2) is 0 Å². The zero-order valence-corrected chi connectivity index (χ0v) is 19.8. The normalized spacial score (nSPS) is 15.4. The van der Waals surface area contributed by atoms with E-state index < -0.39 is 0 Å². The van der Waals surface area contributed by atoms with Crippen LogP contribution in [-0.2, 0) is 14.3 Å². The van der Waals surface area contributed by atoms with Crippen molar-refractivity contribution >= 4 is 22.6 Å². The number of allylic oxidation sites excluding steroid dienone is 1. The first-order chi connectivity index (χ1) is 16.1. The number of amides is 1. The van der Waals surface area contributed by atoms with Crippen LogP contribution in [0.4, 0.5) is 0 Å². The quantitative estimate of drug-likeness (QED) is 0.309. The largest absolute Gasteiger partial charge is 0.488 e. The molecular weight excluding hydrogens is 416 g/mol. The van der Waals surface area contributed by atoms with Gasteiger partial charge in [0, 0.05) is 30.9 Å². The summed E-state index contributed by atoms with van der Waals surface area (Å²) in [5.41, 5.74) is 0.638. The summed E-state index contributed by atoms with van der Waals surface area (Å²) in [6.45, 7) is 5.46. The minimum absolute atomic E-state index is 0.0573. The summed E-state index contributed by atoms with van der Waals surface area (Å²) >= 11 is 0. The van der Waals surface area contributed by atoms with Gasteiger partial charge in [-0.05, 0) is 50.1 Å². The smallest absolute Gasteiger partial charge is 0.305 e. The third kappa shape index (κ3) is 7.60. The number of hydrogen-bond donors (Lipinski definition) is 1. The molecule has 1 N–H and O–H groups in total. The van der Waals surface area contributed by atoms with Crippen molar-refractivity contribution in [1.82, 2.24) is 10.2 Å². The average molecular weight is 453 g/mol. The molecule has 3 rings (SSSR count). The SMILES string of the molecule is CCN1CCC(NC(=O)C(=CCCCCC(=O)OC)COc2cccc3ccccc23)CC1. The van der Waals surface area contributed by atoms with Crippen molar-refractivity contribution in [2.45, 2.75) is 51.5 Å². The highest BCUT2D eigenvalue weighted by Crippen LogP contribution is 2.25. The van der Waals surface area contributed by atoms with Gasteiger partial charge in [-0.1, -0.05) is 49.4 Å². The number of nitrogens with one attached hydrogen (secondary N) is 1. The summed E-state index contributed by atoms with van der Waals surface area (Å²) < 4.78 is 10.8. The minimum Gasteiger partial charge on any atom is -0.488 e. The number of carbonyl (C=O) groups is 2. The highest BCUT2D eigenvalue weighted by molar-refractivity contribution is 5.94. The molecule has 1 aliphatic heterocycles. The fourth-order valence-electron chi connectivity index (χ4n) is 4.16. The monoisotopic (exact) mass is 452 g/mol. The molecule has 6 heteroatoms. The van der Waals surface area contributed by atoms with Crippen LogP contribution < -0.4 is 10.1 Å². The van der Waals surface area contributed by atoms with Crippen molar-refractivity contribution in [2.75, 3.05) is 33.4 Å². The van der Waals surface area contributed by atoms with E-state index in [4.69, 9.17) is 9.47 Å². The second kappa shape index (κ2) is 13.0. The molecule has 2 aromatic carbocycles. The van der Waals surface area contributed by atoms with E-state index in [1.165, 1.54) is 7.11 Å². The Labute approximate surface area is 196 Å². The molecule has 6 nitrogen and oxygen atoms in total. The Morgan fingerprint density at radius 2 is 1.85 bits per heavy atom. The standard InChI is InChI=1S/C27H36N2O4/c1-3-29-18-16-23(17-19-29)28-27(31)22(11-5-4-6-15-26(30)32-2)20-33-25-14-9-12-21-10-7-8-13-24(21)25/h7-14,23H,3-6,15-20H2,1-2H3,(H,28,31). The lowest BCUT2D eigenvalue weighted by molar-refractivity contribution is -0.140. The van der Waals surface area contributed by atoms with Gasteiger partial charge in [0.15, 0.2) is 0 Å². The Balaban J connectivity index is 1.63. The van der Waals surface area contributed by atoms with Crippen molar-refractivity contribution in [2.24, 2.45) is 0 Å². The van der Waals surface area contributed by atoms with E-state index in [-0.39, 0.29) is 24.5 Å². The molecule has 0 unspecified atom stereocenters. The van der Waals surface area contributed by atoms with Crippen molar-refractivity contribution in [3.8, 4) is 5.75 Å². The van der Waals surface area contributed by atoms with Crippen molar-refractivity contribution in [1.29, 1.82) is 0 Å². The molecule has 1 aliphatic rings. The Hall–Kier alpha value is -2.86. The van der Waals surface area contributed by atoms with Crippen LogP contribution in [0.15, 0.2) is 54.1 Å². The Kier molecular flexibility index (Phi) is 9.76. The number of esters is 1. The van der Waals surface area contributed by atoms with Gasteiger partial charge in [-0.3, -0.25) is 9.59 Å². The van der Waals surface area contributed by atoms with E-state index in [2.05, 4.69) is 29.3 Å². The summed E-state index contributed by atoms with van der Waals surface area (Å²) in [5, 5.41) is 5.36. The predicted molar refractivity (Wildman–Crippen MR) is 131 cm³/mol. The number of piperidine rings is 1. The van der Waals surface area contributed by atoms with Crippen LogP contribution in [0, 0.1) is 0 Å². The third-order valence-electron chi connectivity index (χ3n) is 6.25. The van der Waals surface area contributed by atoms with E-state index in [9.17, 15) is 9.59 Å². The molecular formula is C27H36N2O4. The zero-order valence-electron chi connectivity index (χ0n) is 19.8. The topological polar surface area (TPSA) is 67.9 Å². The third-order valence-corrected chi connectivity index (χ3v) is 6.25. The van der Waals surface area contributed by atoms with Gasteiger partial charge < -0.3 is 19.7 Å². The molecule has 1 heterocycles. The van der Waals surface area contributed by atoms with Crippen LogP contribution in [0.2, 0.25) is 0 Å². The molecule has 1 saturated heterocycles. The van der Waals surface area contributed by atoms with E-state index in [1.54, 1.807) is 0 Å². The molecule has 2 aromatic rings. The predicted octanol–water partition coefficient (Wildman–Crippen LogP) is 4.48. The molecule has 0 atom stereocenters. The van der Waals surface area contributed by atoms with Crippen LogP contribution >= 0.6 is 0 Å². The molecule has 178 valence electrons. The summed E-state index contributed by atoms with van der Waals surface area (Å²) in [6.07, 6.45) is 6.55. The number of nitrogens with zero attached hydrogens (tertiary/aromatic N) is 1.